The van der Waals surface area contributed by atoms with Gasteiger partial charge in [0, 0.05) is 22.6 Å². The Morgan fingerprint density at radius 1 is 0.440 bits per heavy atom. The van der Waals surface area contributed by atoms with E-state index in [4.69, 9.17) is 9.47 Å². The van der Waals surface area contributed by atoms with E-state index in [9.17, 15) is 0 Å². The summed E-state index contributed by atoms with van der Waals surface area (Å²) in [6.45, 7) is 4.67. The summed E-state index contributed by atoms with van der Waals surface area (Å²) >= 11 is 0. The maximum atomic E-state index is 6.70. The van der Waals surface area contributed by atoms with Crippen LogP contribution in [0.5, 0.6) is 23.0 Å². The lowest BCUT2D eigenvalue weighted by molar-refractivity contribution is 0.439. The van der Waals surface area contributed by atoms with Gasteiger partial charge in [0.1, 0.15) is 11.5 Å². The van der Waals surface area contributed by atoms with Crippen LogP contribution in [-0.4, -0.2) is 0 Å². The van der Waals surface area contributed by atoms with Gasteiger partial charge in [0.15, 0.2) is 11.5 Å². The Kier molecular flexibility index (Phi) is 6.22. The summed E-state index contributed by atoms with van der Waals surface area (Å²) in [6.07, 6.45) is 0. The topological polar surface area (TPSA) is 21.7 Å². The molecule has 8 aromatic rings. The zero-order valence-corrected chi connectivity index (χ0v) is 27.9. The Hall–Kier alpha value is -6.32. The van der Waals surface area contributed by atoms with Gasteiger partial charge in [0.25, 0.3) is 0 Å². The second-order valence-corrected chi connectivity index (χ2v) is 13.7. The molecule has 3 heteroatoms. The number of anilines is 3. The second-order valence-electron chi connectivity index (χ2n) is 13.7. The third-order valence-corrected chi connectivity index (χ3v) is 10.5. The number of rotatable bonds is 4. The van der Waals surface area contributed by atoms with Crippen molar-refractivity contribution in [3.8, 4) is 45.3 Å². The van der Waals surface area contributed by atoms with Crippen molar-refractivity contribution in [1.82, 2.24) is 0 Å². The minimum absolute atomic E-state index is 0.137. The van der Waals surface area contributed by atoms with Crippen LogP contribution < -0.4 is 14.4 Å². The minimum Gasteiger partial charge on any atom is -0.453 e. The molecular weight excluding hydrogens is 611 g/mol. The summed E-state index contributed by atoms with van der Waals surface area (Å²) in [7, 11) is 0. The highest BCUT2D eigenvalue weighted by Gasteiger charge is 2.36. The monoisotopic (exact) mass is 643 g/mol. The summed E-state index contributed by atoms with van der Waals surface area (Å²) in [5, 5.41) is 4.43. The lowest BCUT2D eigenvalue weighted by atomic mass is 9.82. The zero-order valence-electron chi connectivity index (χ0n) is 27.9. The molecule has 0 aromatic heterocycles. The summed E-state index contributed by atoms with van der Waals surface area (Å²) in [5.74, 6) is 2.95. The van der Waals surface area contributed by atoms with Crippen LogP contribution in [0.2, 0.25) is 0 Å². The minimum atomic E-state index is -0.137. The summed E-state index contributed by atoms with van der Waals surface area (Å²) in [5.41, 5.74) is 10.7. The lowest BCUT2D eigenvalue weighted by Gasteiger charge is -2.30. The van der Waals surface area contributed by atoms with Crippen molar-refractivity contribution >= 4 is 38.6 Å². The summed E-state index contributed by atoms with van der Waals surface area (Å²) < 4.78 is 13.2. The maximum absolute atomic E-state index is 6.70. The van der Waals surface area contributed by atoms with E-state index in [1.165, 1.54) is 44.2 Å². The van der Waals surface area contributed by atoms with E-state index < -0.39 is 0 Å². The normalized spacial score (nSPS) is 13.5. The molecule has 0 atom stereocenters. The van der Waals surface area contributed by atoms with Crippen LogP contribution >= 0.6 is 0 Å². The number of nitrogens with zero attached hydrogens (tertiary/aromatic N) is 1. The molecule has 1 aliphatic heterocycles. The van der Waals surface area contributed by atoms with Crippen molar-refractivity contribution < 1.29 is 9.47 Å². The third kappa shape index (κ3) is 4.30. The van der Waals surface area contributed by atoms with Gasteiger partial charge < -0.3 is 14.4 Å². The molecule has 8 aromatic carbocycles. The molecule has 50 heavy (non-hydrogen) atoms. The van der Waals surface area contributed by atoms with Crippen molar-refractivity contribution in [2.45, 2.75) is 19.3 Å². The van der Waals surface area contributed by atoms with Gasteiger partial charge in [-0.05, 0) is 86.6 Å². The van der Waals surface area contributed by atoms with Gasteiger partial charge in [-0.1, -0.05) is 129 Å². The molecule has 0 fully saturated rings. The summed E-state index contributed by atoms with van der Waals surface area (Å²) in [4.78, 5) is 2.37. The number of fused-ring (bicyclic) bond motifs is 5. The van der Waals surface area contributed by atoms with Crippen LogP contribution in [0.3, 0.4) is 0 Å². The van der Waals surface area contributed by atoms with Crippen LogP contribution in [0, 0.1) is 0 Å². The zero-order chi connectivity index (χ0) is 33.4. The standard InChI is InChI=1S/C47H33NO2/c1-47(2)39-19-9-8-17-36(39)37-24-22-32(28-40(37)47)48(41-26-25-34(30-12-4-3-5-13-30)35-16-6-7-18-38(35)41)33-23-27-42-45(29-33)50-44-21-11-15-31-14-10-20-43(49-42)46(31)44/h3-29H,1-2H3. The molecule has 10 rings (SSSR count). The Morgan fingerprint density at radius 3 is 1.90 bits per heavy atom. The average molecular weight is 644 g/mol. The molecule has 0 amide bonds. The summed E-state index contributed by atoms with van der Waals surface area (Å²) in [6, 6.07) is 58.2. The van der Waals surface area contributed by atoms with Crippen LogP contribution in [-0.2, 0) is 5.41 Å². The van der Waals surface area contributed by atoms with Gasteiger partial charge >= 0.3 is 0 Å². The molecule has 2 aliphatic rings. The first-order chi connectivity index (χ1) is 24.5. The van der Waals surface area contributed by atoms with E-state index in [1.54, 1.807) is 0 Å². The van der Waals surface area contributed by atoms with Crippen LogP contribution in [0.4, 0.5) is 17.1 Å². The molecule has 0 saturated carbocycles. The van der Waals surface area contributed by atoms with Gasteiger partial charge in [-0.3, -0.25) is 0 Å². The van der Waals surface area contributed by atoms with E-state index in [1.807, 2.05) is 30.3 Å². The molecule has 3 nitrogen and oxygen atoms in total. The van der Waals surface area contributed by atoms with E-state index in [0.29, 0.717) is 11.5 Å². The number of benzene rings is 8. The fourth-order valence-corrected chi connectivity index (χ4v) is 8.09. The van der Waals surface area contributed by atoms with Crippen molar-refractivity contribution in [3.05, 3.63) is 175 Å². The SMILES string of the molecule is CC1(C)c2ccccc2-c2ccc(N(c3ccc4c(c3)Oc3cccc5cccc(c35)O4)c3ccc(-c4ccccc4)c4ccccc34)cc21. The first kappa shape index (κ1) is 28.7. The largest absolute Gasteiger partial charge is 0.453 e. The molecule has 0 bridgehead atoms. The molecule has 0 unspecified atom stereocenters. The van der Waals surface area contributed by atoms with Crippen LogP contribution in [0.15, 0.2) is 164 Å². The van der Waals surface area contributed by atoms with Gasteiger partial charge in [-0.2, -0.15) is 0 Å². The van der Waals surface area contributed by atoms with Gasteiger partial charge in [-0.25, -0.2) is 0 Å². The smallest absolute Gasteiger partial charge is 0.172 e. The lowest BCUT2D eigenvalue weighted by Crippen LogP contribution is -2.16. The highest BCUT2D eigenvalue weighted by Crippen LogP contribution is 2.53. The van der Waals surface area contributed by atoms with Crippen molar-refractivity contribution in [1.29, 1.82) is 0 Å². The molecular formula is C47H33NO2. The predicted molar refractivity (Wildman–Crippen MR) is 206 cm³/mol. The first-order valence-electron chi connectivity index (χ1n) is 17.2. The van der Waals surface area contributed by atoms with Crippen LogP contribution in [0.1, 0.15) is 25.0 Å². The molecule has 1 heterocycles. The molecule has 1 aliphatic carbocycles. The van der Waals surface area contributed by atoms with E-state index in [-0.39, 0.29) is 5.41 Å². The third-order valence-electron chi connectivity index (χ3n) is 10.5. The van der Waals surface area contributed by atoms with Crippen molar-refractivity contribution in [2.24, 2.45) is 0 Å². The molecule has 0 radical (unpaired) electrons. The predicted octanol–water partition coefficient (Wildman–Crippen LogP) is 13.3. The number of hydrogen-bond donors (Lipinski definition) is 0. The second kappa shape index (κ2) is 10.8. The molecule has 0 spiro atoms. The van der Waals surface area contributed by atoms with Gasteiger partial charge in [0.2, 0.25) is 0 Å². The Bertz CT molecular complexity index is 2630. The van der Waals surface area contributed by atoms with Gasteiger partial charge in [0.05, 0.1) is 16.8 Å². The first-order valence-corrected chi connectivity index (χ1v) is 17.2. The van der Waals surface area contributed by atoms with Crippen molar-refractivity contribution in [2.75, 3.05) is 4.90 Å². The van der Waals surface area contributed by atoms with Crippen LogP contribution in [0.25, 0.3) is 43.8 Å². The van der Waals surface area contributed by atoms with Gasteiger partial charge in [-0.15, -0.1) is 0 Å². The number of hydrogen-bond acceptors (Lipinski definition) is 3. The van der Waals surface area contributed by atoms with Crippen molar-refractivity contribution in [3.63, 3.8) is 0 Å². The Labute approximate surface area is 291 Å². The van der Waals surface area contributed by atoms with E-state index >= 15 is 0 Å². The Balaban J connectivity index is 1.19. The molecule has 0 N–H and O–H groups in total. The van der Waals surface area contributed by atoms with E-state index in [2.05, 4.69) is 152 Å². The average Bonchev–Trinajstić information content (AvgIpc) is 3.26. The fourth-order valence-electron chi connectivity index (χ4n) is 8.09. The molecule has 0 saturated heterocycles. The van der Waals surface area contributed by atoms with E-state index in [0.717, 1.165) is 39.3 Å². The maximum Gasteiger partial charge on any atom is 0.172 e. The highest BCUT2D eigenvalue weighted by molar-refractivity contribution is 6.06. The number of ether oxygens (including phenoxy) is 2. The molecule has 238 valence electrons. The Morgan fingerprint density at radius 2 is 1.08 bits per heavy atom. The fraction of sp³-hybridized carbons (Fsp3) is 0.0638. The highest BCUT2D eigenvalue weighted by atomic mass is 16.5. The quantitative estimate of drug-likeness (QED) is 0.190.